The summed E-state index contributed by atoms with van der Waals surface area (Å²) in [4.78, 5) is 22.7. The molecule has 1 saturated carbocycles. The van der Waals surface area contributed by atoms with Crippen molar-refractivity contribution in [3.63, 3.8) is 0 Å². The van der Waals surface area contributed by atoms with Crippen LogP contribution in [0.4, 0.5) is 22.0 Å². The second-order valence-corrected chi connectivity index (χ2v) is 5.20. The number of hydrogen-bond donors (Lipinski definition) is 1. The molecular weight excluding hydrogens is 353 g/mol. The van der Waals surface area contributed by atoms with E-state index in [9.17, 15) is 31.5 Å². The molecule has 0 heterocycles. The van der Waals surface area contributed by atoms with E-state index in [1.165, 1.54) is 0 Å². The lowest BCUT2D eigenvalue weighted by atomic mass is 9.82. The highest BCUT2D eigenvalue weighted by atomic mass is 79.9. The first-order chi connectivity index (χ1) is 9.11. The van der Waals surface area contributed by atoms with Crippen LogP contribution in [0.2, 0.25) is 0 Å². The summed E-state index contributed by atoms with van der Waals surface area (Å²) < 4.78 is 61.9. The minimum atomic E-state index is -5.94. The Morgan fingerprint density at radius 1 is 1.10 bits per heavy atom. The second-order valence-electron chi connectivity index (χ2n) is 4.64. The van der Waals surface area contributed by atoms with Crippen LogP contribution in [-0.2, 0) is 9.59 Å². The molecule has 1 rings (SSSR count). The lowest BCUT2D eigenvalue weighted by molar-refractivity contribution is -0.270. The van der Waals surface area contributed by atoms with Gasteiger partial charge < -0.3 is 5.32 Å². The van der Waals surface area contributed by atoms with Crippen molar-refractivity contribution in [2.75, 3.05) is 5.33 Å². The maximum atomic E-state index is 12.9. The largest absolute Gasteiger partial charge is 0.463 e. The van der Waals surface area contributed by atoms with Gasteiger partial charge in [-0.05, 0) is 12.8 Å². The molecule has 1 amide bonds. The van der Waals surface area contributed by atoms with Gasteiger partial charge in [-0.1, -0.05) is 28.8 Å². The molecule has 0 bridgehead atoms. The van der Waals surface area contributed by atoms with Gasteiger partial charge in [0.15, 0.2) is 0 Å². The highest BCUT2D eigenvalue weighted by Crippen LogP contribution is 2.36. The number of hydrogen-bond acceptors (Lipinski definition) is 2. The zero-order valence-electron chi connectivity index (χ0n) is 10.3. The molecule has 0 aromatic carbocycles. The summed E-state index contributed by atoms with van der Waals surface area (Å²) in [5.74, 6) is -8.89. The summed E-state index contributed by atoms with van der Waals surface area (Å²) in [7, 11) is 0. The van der Waals surface area contributed by atoms with Crippen LogP contribution >= 0.6 is 15.9 Å². The summed E-state index contributed by atoms with van der Waals surface area (Å²) in [5.41, 5.74) is 0. The van der Waals surface area contributed by atoms with Crippen LogP contribution in [0.15, 0.2) is 0 Å². The van der Waals surface area contributed by atoms with Crippen LogP contribution in [-0.4, -0.2) is 35.2 Å². The lowest BCUT2D eigenvalue weighted by Gasteiger charge is -2.32. The van der Waals surface area contributed by atoms with E-state index in [4.69, 9.17) is 0 Å². The molecule has 1 N–H and O–H groups in total. The molecule has 1 fully saturated rings. The predicted molar refractivity (Wildman–Crippen MR) is 63.7 cm³/mol. The number of ketones is 1. The third-order valence-corrected chi connectivity index (χ3v) is 3.82. The number of alkyl halides is 6. The molecule has 3 nitrogen and oxygen atoms in total. The molecule has 0 aliphatic heterocycles. The number of halogens is 6. The number of Topliss-reactive ketones (excluding diaryl/α,β-unsaturated/α-hetero) is 1. The molecule has 9 heteroatoms. The van der Waals surface area contributed by atoms with Crippen molar-refractivity contribution in [3.8, 4) is 0 Å². The standard InChI is InChI=1S/C11H13BrF5NO2/c12-5-8(19)6-3-1-2-4-7(6)18-9(20)10(13,14)11(15,16)17/h6-7H,1-5H2,(H,18,20). The van der Waals surface area contributed by atoms with E-state index in [0.29, 0.717) is 19.3 Å². The Morgan fingerprint density at radius 3 is 2.15 bits per heavy atom. The quantitative estimate of drug-likeness (QED) is 0.615. The summed E-state index contributed by atoms with van der Waals surface area (Å²) in [6.45, 7) is 0. The zero-order chi connectivity index (χ0) is 15.6. The summed E-state index contributed by atoms with van der Waals surface area (Å²) in [6.07, 6.45) is -4.13. The highest BCUT2D eigenvalue weighted by Gasteiger charge is 2.63. The van der Waals surface area contributed by atoms with E-state index >= 15 is 0 Å². The van der Waals surface area contributed by atoms with Crippen LogP contribution in [0.25, 0.3) is 0 Å². The molecule has 0 saturated heterocycles. The van der Waals surface area contributed by atoms with Crippen molar-refractivity contribution in [2.45, 2.75) is 43.8 Å². The second kappa shape index (κ2) is 6.36. The summed E-state index contributed by atoms with van der Waals surface area (Å²) in [6, 6.07) is -0.977. The number of nitrogens with one attached hydrogen (secondary N) is 1. The van der Waals surface area contributed by atoms with Gasteiger partial charge in [0.1, 0.15) is 5.78 Å². The molecule has 116 valence electrons. The van der Waals surface area contributed by atoms with Crippen molar-refractivity contribution in [2.24, 2.45) is 5.92 Å². The molecule has 1 aliphatic carbocycles. The van der Waals surface area contributed by atoms with Gasteiger partial charge in [0.05, 0.1) is 5.33 Å². The molecule has 2 unspecified atom stereocenters. The normalized spacial score (nSPS) is 24.3. The van der Waals surface area contributed by atoms with Crippen molar-refractivity contribution in [3.05, 3.63) is 0 Å². The molecule has 2 atom stereocenters. The summed E-state index contributed by atoms with van der Waals surface area (Å²) in [5, 5.41) is 1.65. The van der Waals surface area contributed by atoms with Crippen molar-refractivity contribution < 1.29 is 31.5 Å². The number of rotatable bonds is 4. The zero-order valence-corrected chi connectivity index (χ0v) is 11.9. The molecule has 20 heavy (non-hydrogen) atoms. The van der Waals surface area contributed by atoms with Crippen molar-refractivity contribution in [1.82, 2.24) is 5.32 Å². The minimum absolute atomic E-state index is 0.0281. The third-order valence-electron chi connectivity index (χ3n) is 3.27. The third kappa shape index (κ3) is 3.67. The van der Waals surface area contributed by atoms with Crippen LogP contribution in [0.5, 0.6) is 0 Å². The van der Waals surface area contributed by atoms with Gasteiger partial charge in [-0.2, -0.15) is 22.0 Å². The number of amides is 1. The number of carbonyl (C=O) groups excluding carboxylic acids is 2. The molecular formula is C11H13BrF5NO2. The first-order valence-electron chi connectivity index (χ1n) is 5.95. The minimum Gasteiger partial charge on any atom is -0.347 e. The topological polar surface area (TPSA) is 46.2 Å². The maximum Gasteiger partial charge on any atom is 0.463 e. The van der Waals surface area contributed by atoms with E-state index < -0.39 is 30.0 Å². The van der Waals surface area contributed by atoms with E-state index in [-0.39, 0.29) is 17.5 Å². The molecule has 0 aromatic rings. The monoisotopic (exact) mass is 365 g/mol. The Kier molecular flexibility index (Phi) is 5.51. The number of carbonyl (C=O) groups is 2. The maximum absolute atomic E-state index is 12.9. The van der Waals surface area contributed by atoms with Gasteiger partial charge in [0.25, 0.3) is 0 Å². The molecule has 1 aliphatic rings. The first kappa shape index (κ1) is 17.3. The SMILES string of the molecule is O=C(CBr)C1CCCCC1NC(=O)C(F)(F)C(F)(F)F. The summed E-state index contributed by atoms with van der Waals surface area (Å²) >= 11 is 2.92. The van der Waals surface area contributed by atoms with Gasteiger partial charge in [0.2, 0.25) is 0 Å². The van der Waals surface area contributed by atoms with Crippen LogP contribution in [0.3, 0.4) is 0 Å². The Balaban J connectivity index is 2.79. The van der Waals surface area contributed by atoms with Crippen LogP contribution in [0.1, 0.15) is 25.7 Å². The van der Waals surface area contributed by atoms with E-state index in [0.717, 1.165) is 0 Å². The van der Waals surface area contributed by atoms with Gasteiger partial charge >= 0.3 is 18.0 Å². The van der Waals surface area contributed by atoms with Crippen LogP contribution < -0.4 is 5.32 Å². The average molecular weight is 366 g/mol. The molecule has 0 spiro atoms. The van der Waals surface area contributed by atoms with Crippen molar-refractivity contribution in [1.29, 1.82) is 0 Å². The van der Waals surface area contributed by atoms with Gasteiger partial charge in [0, 0.05) is 12.0 Å². The van der Waals surface area contributed by atoms with Crippen molar-refractivity contribution >= 4 is 27.6 Å². The first-order valence-corrected chi connectivity index (χ1v) is 7.07. The van der Waals surface area contributed by atoms with E-state index in [1.807, 2.05) is 0 Å². The smallest absolute Gasteiger partial charge is 0.347 e. The Morgan fingerprint density at radius 2 is 1.65 bits per heavy atom. The van der Waals surface area contributed by atoms with Gasteiger partial charge in [-0.3, -0.25) is 9.59 Å². The van der Waals surface area contributed by atoms with E-state index in [2.05, 4.69) is 15.9 Å². The fourth-order valence-electron chi connectivity index (χ4n) is 2.18. The Labute approximate surface area is 120 Å². The fraction of sp³-hybridized carbons (Fsp3) is 0.818. The Bertz CT molecular complexity index is 385. The lowest BCUT2D eigenvalue weighted by Crippen LogP contribution is -2.55. The fourth-order valence-corrected chi connectivity index (χ4v) is 2.59. The molecule has 0 radical (unpaired) electrons. The van der Waals surface area contributed by atoms with E-state index in [1.54, 1.807) is 5.32 Å². The predicted octanol–water partition coefficient (Wildman–Crippen LogP) is 2.82. The van der Waals surface area contributed by atoms with Gasteiger partial charge in [-0.25, -0.2) is 0 Å². The highest BCUT2D eigenvalue weighted by molar-refractivity contribution is 9.09. The van der Waals surface area contributed by atoms with Crippen LogP contribution in [0, 0.1) is 5.92 Å². The molecule has 0 aromatic heterocycles. The van der Waals surface area contributed by atoms with Gasteiger partial charge in [-0.15, -0.1) is 0 Å². The Hall–Kier alpha value is -0.730. The average Bonchev–Trinajstić information content (AvgIpc) is 2.37.